The van der Waals surface area contributed by atoms with Crippen molar-refractivity contribution in [3.63, 3.8) is 0 Å². The van der Waals surface area contributed by atoms with Crippen molar-refractivity contribution in [2.75, 3.05) is 13.2 Å². The molecule has 2 aliphatic heterocycles. The van der Waals surface area contributed by atoms with Crippen molar-refractivity contribution in [3.05, 3.63) is 23.0 Å². The van der Waals surface area contributed by atoms with Crippen molar-refractivity contribution in [1.29, 1.82) is 0 Å². The molecule has 2 unspecified atom stereocenters. The summed E-state index contributed by atoms with van der Waals surface area (Å²) in [7, 11) is 0. The van der Waals surface area contributed by atoms with E-state index in [4.69, 9.17) is 18.9 Å². The molecular formula is C23H40O4. The van der Waals surface area contributed by atoms with Gasteiger partial charge in [-0.3, -0.25) is 0 Å². The zero-order valence-corrected chi connectivity index (χ0v) is 19.1. The van der Waals surface area contributed by atoms with E-state index in [1.807, 2.05) is 0 Å². The second-order valence-corrected chi connectivity index (χ2v) is 10.3. The lowest BCUT2D eigenvalue weighted by Gasteiger charge is -2.35. The van der Waals surface area contributed by atoms with Crippen molar-refractivity contribution < 1.29 is 18.9 Å². The summed E-state index contributed by atoms with van der Waals surface area (Å²) >= 11 is 0. The Balaban J connectivity index is 2.23. The highest BCUT2D eigenvalue weighted by Gasteiger charge is 2.42. The van der Waals surface area contributed by atoms with Gasteiger partial charge in [0, 0.05) is 29.1 Å². The van der Waals surface area contributed by atoms with Gasteiger partial charge in [0.25, 0.3) is 0 Å². The van der Waals surface area contributed by atoms with Crippen LogP contribution in [0.3, 0.4) is 0 Å². The first-order chi connectivity index (χ1) is 12.3. The topological polar surface area (TPSA) is 36.9 Å². The predicted octanol–water partition coefficient (Wildman–Crippen LogP) is 6.24. The Morgan fingerprint density at radius 3 is 1.93 bits per heavy atom. The Labute approximate surface area is 166 Å². The van der Waals surface area contributed by atoms with Crippen molar-refractivity contribution in [1.82, 2.24) is 0 Å². The fourth-order valence-corrected chi connectivity index (χ4v) is 3.55. The maximum atomic E-state index is 6.38. The molecule has 2 rings (SSSR count). The van der Waals surface area contributed by atoms with Crippen LogP contribution in [0.25, 0.3) is 0 Å². The second kappa shape index (κ2) is 7.97. The van der Waals surface area contributed by atoms with Crippen LogP contribution < -0.4 is 0 Å². The molecule has 0 aromatic heterocycles. The Morgan fingerprint density at radius 1 is 0.815 bits per heavy atom. The Morgan fingerprint density at radius 2 is 1.41 bits per heavy atom. The molecule has 4 heteroatoms. The van der Waals surface area contributed by atoms with Gasteiger partial charge < -0.3 is 18.9 Å². The van der Waals surface area contributed by atoms with Gasteiger partial charge in [0.15, 0.2) is 0 Å². The molecule has 2 atom stereocenters. The Kier molecular flexibility index (Phi) is 6.48. The van der Waals surface area contributed by atoms with Gasteiger partial charge in [0.05, 0.1) is 0 Å². The normalized spacial score (nSPS) is 22.6. The lowest BCUT2D eigenvalue weighted by atomic mass is 9.84. The molecule has 0 amide bonds. The van der Waals surface area contributed by atoms with E-state index < -0.39 is 0 Å². The molecule has 4 nitrogen and oxygen atoms in total. The quantitative estimate of drug-likeness (QED) is 0.546. The fourth-order valence-electron chi connectivity index (χ4n) is 3.55. The highest BCUT2D eigenvalue weighted by Crippen LogP contribution is 2.45. The van der Waals surface area contributed by atoms with E-state index in [9.17, 15) is 0 Å². The maximum absolute atomic E-state index is 6.38. The molecule has 0 aliphatic carbocycles. The lowest BCUT2D eigenvalue weighted by molar-refractivity contribution is -0.0843. The van der Waals surface area contributed by atoms with Crippen LogP contribution in [0.5, 0.6) is 0 Å². The molecule has 27 heavy (non-hydrogen) atoms. The van der Waals surface area contributed by atoms with Gasteiger partial charge in [-0.1, -0.05) is 69.2 Å². The molecular weight excluding hydrogens is 340 g/mol. The summed E-state index contributed by atoms with van der Waals surface area (Å²) in [5.74, 6) is 5.03. The molecule has 0 saturated heterocycles. The average molecular weight is 381 g/mol. The van der Waals surface area contributed by atoms with E-state index in [2.05, 4.69) is 69.2 Å². The van der Waals surface area contributed by atoms with Crippen LogP contribution in [-0.4, -0.2) is 19.5 Å². The van der Waals surface area contributed by atoms with Crippen LogP contribution >= 0.6 is 0 Å². The highest BCUT2D eigenvalue weighted by molar-refractivity contribution is 5.18. The number of ether oxygens (including phenoxy) is 4. The van der Waals surface area contributed by atoms with E-state index in [0.29, 0.717) is 31.0 Å². The van der Waals surface area contributed by atoms with Crippen molar-refractivity contribution >= 4 is 0 Å². The van der Waals surface area contributed by atoms with Gasteiger partial charge in [-0.2, -0.15) is 0 Å². The minimum absolute atomic E-state index is 0.0792. The van der Waals surface area contributed by atoms with Gasteiger partial charge in [-0.05, 0) is 5.92 Å². The Bertz CT molecular complexity index is 590. The SMILES string of the molecule is CC(C)C1=C(C(C)(C)CC2OC(C(C)C(C)C)=C(C(C)(C)C)O2)OCCO1. The third-order valence-electron chi connectivity index (χ3n) is 5.45. The van der Waals surface area contributed by atoms with Crippen LogP contribution in [0.2, 0.25) is 0 Å². The molecule has 0 fully saturated rings. The van der Waals surface area contributed by atoms with Crippen molar-refractivity contribution in [2.45, 2.75) is 81.9 Å². The summed E-state index contributed by atoms with van der Waals surface area (Å²) < 4.78 is 24.8. The Hall–Kier alpha value is -1.32. The van der Waals surface area contributed by atoms with E-state index in [1.54, 1.807) is 0 Å². The largest absolute Gasteiger partial charge is 0.491 e. The molecule has 0 spiro atoms. The number of hydrogen-bond donors (Lipinski definition) is 0. The van der Waals surface area contributed by atoms with E-state index in [-0.39, 0.29) is 17.1 Å². The molecule has 0 aromatic rings. The molecule has 2 aliphatic rings. The van der Waals surface area contributed by atoms with Gasteiger partial charge in [-0.15, -0.1) is 0 Å². The fraction of sp³-hybridized carbons (Fsp3) is 0.826. The summed E-state index contributed by atoms with van der Waals surface area (Å²) in [6.07, 6.45) is 0.423. The minimum atomic E-state index is -0.295. The van der Waals surface area contributed by atoms with Gasteiger partial charge in [-0.25, -0.2) is 0 Å². The van der Waals surface area contributed by atoms with Crippen LogP contribution in [0, 0.1) is 28.6 Å². The van der Waals surface area contributed by atoms with Crippen LogP contribution in [0.15, 0.2) is 23.0 Å². The summed E-state index contributed by atoms with van der Waals surface area (Å²) in [6.45, 7) is 23.1. The third kappa shape index (κ3) is 4.94. The van der Waals surface area contributed by atoms with Crippen LogP contribution in [0.1, 0.15) is 75.7 Å². The van der Waals surface area contributed by atoms with Crippen LogP contribution in [-0.2, 0) is 18.9 Å². The molecule has 0 radical (unpaired) electrons. The van der Waals surface area contributed by atoms with Crippen molar-refractivity contribution in [2.24, 2.45) is 28.6 Å². The molecule has 0 N–H and O–H groups in total. The van der Waals surface area contributed by atoms with Gasteiger partial charge in [0.2, 0.25) is 6.29 Å². The smallest absolute Gasteiger partial charge is 0.241 e. The summed E-state index contributed by atoms with van der Waals surface area (Å²) in [4.78, 5) is 0. The first kappa shape index (κ1) is 22.0. The zero-order valence-electron chi connectivity index (χ0n) is 19.1. The molecule has 0 saturated carbocycles. The second-order valence-electron chi connectivity index (χ2n) is 10.3. The molecule has 0 bridgehead atoms. The molecule has 0 aromatic carbocycles. The van der Waals surface area contributed by atoms with Gasteiger partial charge >= 0.3 is 0 Å². The van der Waals surface area contributed by atoms with Crippen LogP contribution in [0.4, 0.5) is 0 Å². The van der Waals surface area contributed by atoms with Crippen molar-refractivity contribution in [3.8, 4) is 0 Å². The molecule has 156 valence electrons. The summed E-state index contributed by atoms with van der Waals surface area (Å²) in [5, 5.41) is 0. The average Bonchev–Trinajstić information content (AvgIpc) is 2.97. The standard InChI is InChI=1S/C23H40O4/c1-14(2)16(5)19-20(22(6,7)8)27-17(26-19)13-23(9,10)21-18(15(3)4)24-11-12-25-21/h14-17H,11-13H2,1-10H3. The first-order valence-corrected chi connectivity index (χ1v) is 10.4. The number of allylic oxidation sites excluding steroid dienone is 4. The van der Waals surface area contributed by atoms with Gasteiger partial charge in [0.1, 0.15) is 36.3 Å². The predicted molar refractivity (Wildman–Crippen MR) is 109 cm³/mol. The van der Waals surface area contributed by atoms with E-state index in [0.717, 1.165) is 29.5 Å². The van der Waals surface area contributed by atoms with E-state index in [1.165, 1.54) is 0 Å². The highest BCUT2D eigenvalue weighted by atomic mass is 16.7. The maximum Gasteiger partial charge on any atom is 0.241 e. The lowest BCUT2D eigenvalue weighted by Crippen LogP contribution is -2.31. The van der Waals surface area contributed by atoms with E-state index >= 15 is 0 Å². The minimum Gasteiger partial charge on any atom is -0.491 e. The number of hydrogen-bond acceptors (Lipinski definition) is 4. The first-order valence-electron chi connectivity index (χ1n) is 10.4. The monoisotopic (exact) mass is 380 g/mol. The summed E-state index contributed by atoms with van der Waals surface area (Å²) in [6, 6.07) is 0. The summed E-state index contributed by atoms with van der Waals surface area (Å²) in [5.41, 5.74) is -0.311. The number of rotatable bonds is 6. The molecule has 2 heterocycles. The zero-order chi connectivity index (χ0) is 20.6. The third-order valence-corrected chi connectivity index (χ3v) is 5.45.